The van der Waals surface area contributed by atoms with Gasteiger partial charge in [-0.3, -0.25) is 24.4 Å². The Kier molecular flexibility index (Phi) is 17.3. The van der Waals surface area contributed by atoms with Crippen LogP contribution in [-0.2, 0) is 28.7 Å². The summed E-state index contributed by atoms with van der Waals surface area (Å²) >= 11 is 0. The minimum absolute atomic E-state index is 0. The van der Waals surface area contributed by atoms with E-state index in [4.69, 9.17) is 0 Å². The molecule has 0 saturated heterocycles. The van der Waals surface area contributed by atoms with Gasteiger partial charge in [-0.25, -0.2) is 9.59 Å². The second-order valence-electron chi connectivity index (χ2n) is 5.88. The van der Waals surface area contributed by atoms with E-state index in [0.29, 0.717) is 5.69 Å². The standard InChI is InChI=1S/C11H11NO4.C7H7NO.C5H8O3.CH4/c1-2-16-11(15)10(14)7-9(13)8-5-3-4-6-12-8;1-6(9)7-4-2-3-5-8-7;1-3-8-5(7)4(2)6;/h3-7,13H,2H2,1H3;2-5H,1H3;3H2,1-2H3;1H4. The highest BCUT2D eigenvalue weighted by atomic mass is 16.5. The predicted octanol–water partition coefficient (Wildman–Crippen LogP) is 3.17. The SMILES string of the molecule is C.CC(=O)c1ccccn1.CCOC(=O)C(=O)C=C(O)c1ccccn1.CCOC(=O)C(C)=O. The van der Waals surface area contributed by atoms with Gasteiger partial charge in [-0.15, -0.1) is 0 Å². The Balaban J connectivity index is 0. The van der Waals surface area contributed by atoms with Crippen LogP contribution < -0.4 is 0 Å². The molecule has 0 amide bonds. The minimum Gasteiger partial charge on any atom is -0.506 e. The van der Waals surface area contributed by atoms with Crippen LogP contribution in [0.4, 0.5) is 0 Å². The lowest BCUT2D eigenvalue weighted by Gasteiger charge is -1.99. The van der Waals surface area contributed by atoms with Gasteiger partial charge in [-0.1, -0.05) is 19.6 Å². The van der Waals surface area contributed by atoms with Gasteiger partial charge < -0.3 is 14.6 Å². The molecular formula is C24H30N2O8. The lowest BCUT2D eigenvalue weighted by molar-refractivity contribution is -0.152. The second kappa shape index (κ2) is 18.4. The highest BCUT2D eigenvalue weighted by Gasteiger charge is 2.13. The van der Waals surface area contributed by atoms with Crippen molar-refractivity contribution in [1.82, 2.24) is 9.97 Å². The van der Waals surface area contributed by atoms with Crippen LogP contribution in [0.25, 0.3) is 5.76 Å². The molecule has 2 aromatic rings. The molecule has 0 fully saturated rings. The largest absolute Gasteiger partial charge is 0.506 e. The smallest absolute Gasteiger partial charge is 0.379 e. The molecule has 2 rings (SSSR count). The topological polar surface area (TPSA) is 150 Å². The van der Waals surface area contributed by atoms with Crippen LogP contribution in [-0.4, -0.2) is 57.6 Å². The van der Waals surface area contributed by atoms with Crippen molar-refractivity contribution in [3.63, 3.8) is 0 Å². The molecule has 0 spiro atoms. The van der Waals surface area contributed by atoms with Crippen molar-refractivity contribution >= 4 is 35.0 Å². The monoisotopic (exact) mass is 474 g/mol. The van der Waals surface area contributed by atoms with Crippen LogP contribution in [0.15, 0.2) is 54.9 Å². The first-order valence-corrected chi connectivity index (χ1v) is 9.76. The molecule has 0 bridgehead atoms. The Morgan fingerprint density at radius 3 is 1.62 bits per heavy atom. The fourth-order valence-electron chi connectivity index (χ4n) is 1.78. The summed E-state index contributed by atoms with van der Waals surface area (Å²) in [6.07, 6.45) is 3.87. The van der Waals surface area contributed by atoms with Gasteiger partial charge in [0.05, 0.1) is 13.2 Å². The van der Waals surface area contributed by atoms with E-state index >= 15 is 0 Å². The van der Waals surface area contributed by atoms with Crippen molar-refractivity contribution in [3.8, 4) is 0 Å². The quantitative estimate of drug-likeness (QED) is 0.208. The summed E-state index contributed by atoms with van der Waals surface area (Å²) in [4.78, 5) is 60.6. The maximum Gasteiger partial charge on any atom is 0.379 e. The minimum atomic E-state index is -0.995. The number of hydrogen-bond donors (Lipinski definition) is 1. The molecule has 2 heterocycles. The van der Waals surface area contributed by atoms with Crippen molar-refractivity contribution in [3.05, 3.63) is 66.3 Å². The number of Topliss-reactive ketones (excluding diaryl/α,β-unsaturated/α-hetero) is 2. The van der Waals surface area contributed by atoms with E-state index in [1.807, 2.05) is 0 Å². The van der Waals surface area contributed by atoms with Crippen LogP contribution in [0.5, 0.6) is 0 Å². The summed E-state index contributed by atoms with van der Waals surface area (Å²) in [5.74, 6) is -3.57. The van der Waals surface area contributed by atoms with Crippen LogP contribution >= 0.6 is 0 Å². The maximum absolute atomic E-state index is 11.2. The fraction of sp³-hybridized carbons (Fsp3) is 0.292. The molecule has 1 N–H and O–H groups in total. The van der Waals surface area contributed by atoms with E-state index < -0.39 is 23.5 Å². The van der Waals surface area contributed by atoms with E-state index in [9.17, 15) is 29.1 Å². The van der Waals surface area contributed by atoms with Crippen molar-refractivity contribution in [1.29, 1.82) is 0 Å². The van der Waals surface area contributed by atoms with E-state index in [2.05, 4.69) is 19.4 Å². The molecule has 184 valence electrons. The highest BCUT2D eigenvalue weighted by Crippen LogP contribution is 2.06. The number of rotatable bonds is 7. The third-order valence-corrected chi connectivity index (χ3v) is 3.26. The first-order chi connectivity index (χ1) is 15.6. The van der Waals surface area contributed by atoms with E-state index in [1.54, 1.807) is 50.4 Å². The zero-order valence-electron chi connectivity index (χ0n) is 18.8. The maximum atomic E-state index is 11.2. The van der Waals surface area contributed by atoms with Crippen LogP contribution in [0.3, 0.4) is 0 Å². The van der Waals surface area contributed by atoms with Gasteiger partial charge in [0, 0.05) is 32.3 Å². The Bertz CT molecular complexity index is 957. The lowest BCUT2D eigenvalue weighted by atomic mass is 10.2. The van der Waals surface area contributed by atoms with Crippen LogP contribution in [0.1, 0.15) is 51.3 Å². The number of pyridine rings is 2. The Morgan fingerprint density at radius 1 is 0.824 bits per heavy atom. The average molecular weight is 475 g/mol. The number of nitrogens with zero attached hydrogens (tertiary/aromatic N) is 2. The van der Waals surface area contributed by atoms with Gasteiger partial charge in [0.15, 0.2) is 5.78 Å². The number of aromatic nitrogens is 2. The molecule has 2 aromatic heterocycles. The van der Waals surface area contributed by atoms with Gasteiger partial charge in [-0.2, -0.15) is 0 Å². The van der Waals surface area contributed by atoms with Crippen molar-refractivity contribution in [2.45, 2.75) is 35.1 Å². The first kappa shape index (κ1) is 32.0. The Labute approximate surface area is 198 Å². The molecular weight excluding hydrogens is 444 g/mol. The third kappa shape index (κ3) is 14.0. The number of aliphatic hydroxyl groups excluding tert-OH is 1. The summed E-state index contributed by atoms with van der Waals surface area (Å²) in [7, 11) is 0. The fourth-order valence-corrected chi connectivity index (χ4v) is 1.78. The molecule has 0 unspecified atom stereocenters. The zero-order chi connectivity index (χ0) is 25.2. The summed E-state index contributed by atoms with van der Waals surface area (Å²) in [5, 5.41) is 9.48. The second-order valence-corrected chi connectivity index (χ2v) is 5.88. The number of carbonyl (C=O) groups is 5. The molecule has 10 nitrogen and oxygen atoms in total. The number of hydrogen-bond acceptors (Lipinski definition) is 10. The molecule has 0 aliphatic heterocycles. The molecule has 10 heteroatoms. The molecule has 34 heavy (non-hydrogen) atoms. The van der Waals surface area contributed by atoms with E-state index in [-0.39, 0.29) is 37.9 Å². The first-order valence-electron chi connectivity index (χ1n) is 9.76. The predicted molar refractivity (Wildman–Crippen MR) is 125 cm³/mol. The van der Waals surface area contributed by atoms with Crippen molar-refractivity contribution in [2.75, 3.05) is 13.2 Å². The summed E-state index contributed by atoms with van der Waals surface area (Å²) in [6, 6.07) is 10.1. The molecule has 0 saturated carbocycles. The van der Waals surface area contributed by atoms with Gasteiger partial charge in [0.25, 0.3) is 5.78 Å². The average Bonchev–Trinajstić information content (AvgIpc) is 2.81. The number of ketones is 3. The van der Waals surface area contributed by atoms with Gasteiger partial charge in [0.2, 0.25) is 5.78 Å². The summed E-state index contributed by atoms with van der Waals surface area (Å²) in [5.41, 5.74) is 0.748. The number of carbonyl (C=O) groups excluding carboxylic acids is 5. The van der Waals surface area contributed by atoms with Crippen molar-refractivity contribution < 1.29 is 38.6 Å². The zero-order valence-corrected chi connectivity index (χ0v) is 18.8. The highest BCUT2D eigenvalue weighted by molar-refractivity contribution is 6.39. The van der Waals surface area contributed by atoms with Gasteiger partial charge in [0.1, 0.15) is 17.1 Å². The van der Waals surface area contributed by atoms with Crippen LogP contribution in [0.2, 0.25) is 0 Å². The van der Waals surface area contributed by atoms with Gasteiger partial charge >= 0.3 is 11.9 Å². The Hall–Kier alpha value is -4.21. The molecule has 0 radical (unpaired) electrons. The Morgan fingerprint density at radius 2 is 1.29 bits per heavy atom. The van der Waals surface area contributed by atoms with E-state index in [1.165, 1.54) is 26.1 Å². The number of esters is 2. The summed E-state index contributed by atoms with van der Waals surface area (Å²) in [6.45, 7) is 6.30. The molecule has 0 aliphatic rings. The number of ether oxygens (including phenoxy) is 2. The lowest BCUT2D eigenvalue weighted by Crippen LogP contribution is -2.15. The number of aliphatic hydroxyl groups is 1. The van der Waals surface area contributed by atoms with Crippen molar-refractivity contribution in [2.24, 2.45) is 0 Å². The normalized spacial score (nSPS) is 9.47. The molecule has 0 atom stereocenters. The third-order valence-electron chi connectivity index (χ3n) is 3.26. The summed E-state index contributed by atoms with van der Waals surface area (Å²) < 4.78 is 8.79. The molecule has 0 aromatic carbocycles. The van der Waals surface area contributed by atoms with Gasteiger partial charge in [-0.05, 0) is 38.1 Å². The van der Waals surface area contributed by atoms with Crippen LogP contribution in [0, 0.1) is 0 Å². The molecule has 0 aliphatic carbocycles. The van der Waals surface area contributed by atoms with E-state index in [0.717, 1.165) is 6.08 Å².